The summed E-state index contributed by atoms with van der Waals surface area (Å²) in [5.74, 6) is -2.68. The Hall–Kier alpha value is -4.15. The fourth-order valence-corrected chi connectivity index (χ4v) is 4.41. The molecule has 2 aromatic carbocycles. The first-order valence-corrected chi connectivity index (χ1v) is 10.5. The summed E-state index contributed by atoms with van der Waals surface area (Å²) >= 11 is 0. The van der Waals surface area contributed by atoms with Gasteiger partial charge in [-0.1, -0.05) is 31.0 Å². The van der Waals surface area contributed by atoms with Gasteiger partial charge in [0, 0.05) is 29.8 Å². The molecule has 0 aromatic heterocycles. The summed E-state index contributed by atoms with van der Waals surface area (Å²) in [6.45, 7) is -0.212. The summed E-state index contributed by atoms with van der Waals surface area (Å²) < 4.78 is 0. The number of rotatable bonds is 6. The lowest BCUT2D eigenvalue weighted by molar-refractivity contribution is -0.385. The van der Waals surface area contributed by atoms with E-state index in [0.29, 0.717) is 18.4 Å². The van der Waals surface area contributed by atoms with Gasteiger partial charge in [-0.05, 0) is 24.5 Å². The molecule has 170 valence electrons. The summed E-state index contributed by atoms with van der Waals surface area (Å²) in [7, 11) is 0. The second-order valence-electron chi connectivity index (χ2n) is 8.08. The quantitative estimate of drug-likeness (QED) is 0.372. The van der Waals surface area contributed by atoms with Crippen LogP contribution in [0.3, 0.4) is 0 Å². The number of amides is 3. The third kappa shape index (κ3) is 4.16. The van der Waals surface area contributed by atoms with E-state index in [1.807, 2.05) is 0 Å². The Bertz CT molecular complexity index is 1120. The zero-order valence-corrected chi connectivity index (χ0v) is 17.5. The number of hydrazine groups is 1. The number of hydrogen-bond donors (Lipinski definition) is 0. The van der Waals surface area contributed by atoms with Crippen molar-refractivity contribution >= 4 is 29.1 Å². The molecule has 2 atom stereocenters. The van der Waals surface area contributed by atoms with E-state index in [0.717, 1.165) is 28.9 Å². The van der Waals surface area contributed by atoms with Crippen molar-refractivity contribution in [2.75, 3.05) is 0 Å². The maximum absolute atomic E-state index is 13.4. The van der Waals surface area contributed by atoms with E-state index in [1.54, 1.807) is 0 Å². The van der Waals surface area contributed by atoms with Gasteiger partial charge < -0.3 is 0 Å². The highest BCUT2D eigenvalue weighted by Gasteiger charge is 2.51. The second kappa shape index (κ2) is 8.77. The number of benzene rings is 2. The zero-order valence-electron chi connectivity index (χ0n) is 17.5. The molecule has 2 fully saturated rings. The molecule has 11 heteroatoms. The molecule has 0 N–H and O–H groups in total. The Morgan fingerprint density at radius 2 is 1.48 bits per heavy atom. The summed E-state index contributed by atoms with van der Waals surface area (Å²) in [6, 6.07) is 10.4. The van der Waals surface area contributed by atoms with Crippen molar-refractivity contribution in [3.05, 3.63) is 79.9 Å². The van der Waals surface area contributed by atoms with Gasteiger partial charge in [0.2, 0.25) is 0 Å². The average molecular weight is 452 g/mol. The molecule has 2 aliphatic rings. The van der Waals surface area contributed by atoms with E-state index in [4.69, 9.17) is 0 Å². The van der Waals surface area contributed by atoms with Crippen molar-refractivity contribution in [1.29, 1.82) is 0 Å². The van der Waals surface area contributed by atoms with Crippen molar-refractivity contribution in [3.8, 4) is 0 Å². The molecule has 0 unspecified atom stereocenters. The summed E-state index contributed by atoms with van der Waals surface area (Å²) in [4.78, 5) is 60.6. The standard InChI is InChI=1S/C22H20N4O7/c27-20(15-4-3-5-17(12-15)26(32)33)23(13-14-8-10-16(11-9-14)25(30)31)24-21(28)18-6-1-2-7-19(18)22(24)29/h3-5,8-12,18-19H,1-2,6-7,13H2/t18-,19+. The highest BCUT2D eigenvalue weighted by molar-refractivity contribution is 6.07. The topological polar surface area (TPSA) is 144 Å². The Morgan fingerprint density at radius 3 is 2.03 bits per heavy atom. The second-order valence-corrected chi connectivity index (χ2v) is 8.08. The van der Waals surface area contributed by atoms with Crippen molar-refractivity contribution in [1.82, 2.24) is 10.0 Å². The normalized spacial score (nSPS) is 19.8. The SMILES string of the molecule is O=C(c1cccc([N+](=O)[O-])c1)N(Cc1ccc([N+](=O)[O-])cc1)N1C(=O)[C@H]2CCCC[C@H]2C1=O. The first-order chi connectivity index (χ1) is 15.8. The molecule has 1 aliphatic carbocycles. The van der Waals surface area contributed by atoms with Gasteiger partial charge in [-0.15, -0.1) is 0 Å². The van der Waals surface area contributed by atoms with E-state index in [2.05, 4.69) is 0 Å². The van der Waals surface area contributed by atoms with Crippen molar-refractivity contribution in [2.45, 2.75) is 32.2 Å². The van der Waals surface area contributed by atoms with Crippen molar-refractivity contribution in [2.24, 2.45) is 11.8 Å². The monoisotopic (exact) mass is 452 g/mol. The number of imide groups is 1. The molecule has 0 bridgehead atoms. The highest BCUT2D eigenvalue weighted by Crippen LogP contribution is 2.39. The Labute approximate surface area is 187 Å². The van der Waals surface area contributed by atoms with Gasteiger partial charge in [0.25, 0.3) is 29.1 Å². The van der Waals surface area contributed by atoms with Gasteiger partial charge in [0.1, 0.15) is 0 Å². The lowest BCUT2D eigenvalue weighted by atomic mass is 9.81. The van der Waals surface area contributed by atoms with Gasteiger partial charge in [-0.25, -0.2) is 5.01 Å². The summed E-state index contributed by atoms with van der Waals surface area (Å²) in [5, 5.41) is 24.0. The number of carbonyl (C=O) groups excluding carboxylic acids is 3. The van der Waals surface area contributed by atoms with E-state index in [-0.39, 0.29) is 23.5 Å². The molecule has 33 heavy (non-hydrogen) atoms. The van der Waals surface area contributed by atoms with Crippen LogP contribution in [-0.2, 0) is 16.1 Å². The molecule has 1 aliphatic heterocycles. The van der Waals surface area contributed by atoms with Gasteiger partial charge >= 0.3 is 0 Å². The molecule has 2 aromatic rings. The Morgan fingerprint density at radius 1 is 0.909 bits per heavy atom. The zero-order chi connectivity index (χ0) is 23.7. The fraction of sp³-hybridized carbons (Fsp3) is 0.318. The van der Waals surface area contributed by atoms with Crippen LogP contribution in [0.5, 0.6) is 0 Å². The molecule has 4 rings (SSSR count). The minimum absolute atomic E-state index is 0.0541. The van der Waals surface area contributed by atoms with Crippen molar-refractivity contribution < 1.29 is 24.2 Å². The van der Waals surface area contributed by atoms with Crippen LogP contribution in [0.15, 0.2) is 48.5 Å². The molecular formula is C22H20N4O7. The number of non-ortho nitro benzene ring substituents is 2. The van der Waals surface area contributed by atoms with Crippen LogP contribution in [0.2, 0.25) is 0 Å². The van der Waals surface area contributed by atoms with Gasteiger partial charge in [-0.3, -0.25) is 34.6 Å². The first-order valence-electron chi connectivity index (χ1n) is 10.5. The lowest BCUT2D eigenvalue weighted by Crippen LogP contribution is -2.49. The third-order valence-corrected chi connectivity index (χ3v) is 6.08. The van der Waals surface area contributed by atoms with Crippen LogP contribution in [-0.4, -0.2) is 37.6 Å². The third-order valence-electron chi connectivity index (χ3n) is 6.08. The molecule has 0 spiro atoms. The Kier molecular flexibility index (Phi) is 5.86. The predicted octanol–water partition coefficient (Wildman–Crippen LogP) is 3.24. The number of carbonyl (C=O) groups is 3. The minimum Gasteiger partial charge on any atom is -0.272 e. The van der Waals surface area contributed by atoms with E-state index >= 15 is 0 Å². The van der Waals surface area contributed by atoms with Gasteiger partial charge in [0.05, 0.1) is 28.2 Å². The summed E-state index contributed by atoms with van der Waals surface area (Å²) in [5.41, 5.74) is -0.0463. The first kappa shape index (κ1) is 22.1. The molecule has 1 saturated carbocycles. The number of nitrogens with zero attached hydrogens (tertiary/aromatic N) is 4. The van der Waals surface area contributed by atoms with Gasteiger partial charge in [0.15, 0.2) is 0 Å². The Balaban J connectivity index is 1.72. The lowest BCUT2D eigenvalue weighted by Gasteiger charge is -2.30. The highest BCUT2D eigenvalue weighted by atomic mass is 16.6. The largest absolute Gasteiger partial charge is 0.273 e. The van der Waals surface area contributed by atoms with Crippen LogP contribution in [0.1, 0.15) is 41.6 Å². The maximum atomic E-state index is 13.4. The smallest absolute Gasteiger partial charge is 0.272 e. The molecule has 11 nitrogen and oxygen atoms in total. The number of nitro groups is 2. The number of fused-ring (bicyclic) bond motifs is 1. The number of nitro benzene ring substituents is 2. The molecule has 3 amide bonds. The fourth-order valence-electron chi connectivity index (χ4n) is 4.41. The van der Waals surface area contributed by atoms with Crippen LogP contribution in [0, 0.1) is 32.1 Å². The predicted molar refractivity (Wildman–Crippen MR) is 113 cm³/mol. The van der Waals surface area contributed by atoms with Crippen LogP contribution < -0.4 is 0 Å². The van der Waals surface area contributed by atoms with E-state index in [1.165, 1.54) is 42.5 Å². The molecule has 1 saturated heterocycles. The molecule has 0 radical (unpaired) electrons. The molecule has 1 heterocycles. The summed E-state index contributed by atoms with van der Waals surface area (Å²) in [6.07, 6.45) is 2.74. The van der Waals surface area contributed by atoms with E-state index in [9.17, 15) is 34.6 Å². The van der Waals surface area contributed by atoms with Crippen LogP contribution in [0.4, 0.5) is 11.4 Å². The number of hydrogen-bond acceptors (Lipinski definition) is 7. The molecular weight excluding hydrogens is 432 g/mol. The van der Waals surface area contributed by atoms with Crippen LogP contribution in [0.25, 0.3) is 0 Å². The van der Waals surface area contributed by atoms with Crippen LogP contribution >= 0.6 is 0 Å². The van der Waals surface area contributed by atoms with E-state index < -0.39 is 39.4 Å². The average Bonchev–Trinajstić information content (AvgIpc) is 3.07. The van der Waals surface area contributed by atoms with Crippen molar-refractivity contribution in [3.63, 3.8) is 0 Å². The van der Waals surface area contributed by atoms with Gasteiger partial charge in [-0.2, -0.15) is 5.01 Å². The maximum Gasteiger partial charge on any atom is 0.273 e. The minimum atomic E-state index is -0.752.